The zero-order valence-electron chi connectivity index (χ0n) is 18.0. The first-order valence-electron chi connectivity index (χ1n) is 10.00. The van der Waals surface area contributed by atoms with E-state index in [1.54, 1.807) is 11.8 Å². The van der Waals surface area contributed by atoms with Gasteiger partial charge in [0.2, 0.25) is 0 Å². The Hall–Kier alpha value is -3.07. The number of nitrogens with zero attached hydrogens (tertiary/aromatic N) is 5. The lowest BCUT2D eigenvalue weighted by Crippen LogP contribution is -2.27. The second-order valence-corrected chi connectivity index (χ2v) is 10.2. The van der Waals surface area contributed by atoms with Crippen LogP contribution in [0.5, 0.6) is 11.5 Å². The molecule has 0 spiro atoms. The highest BCUT2D eigenvalue weighted by Crippen LogP contribution is 2.37. The van der Waals surface area contributed by atoms with Crippen molar-refractivity contribution >= 4 is 16.7 Å². The molecule has 0 fully saturated rings. The van der Waals surface area contributed by atoms with Crippen LogP contribution in [0.2, 0.25) is 0 Å². The fraction of sp³-hybridized carbons (Fsp3) is 0.364. The summed E-state index contributed by atoms with van der Waals surface area (Å²) in [6, 6.07) is 15.5. The first-order valence-corrected chi connectivity index (χ1v) is 11.1. The Balaban J connectivity index is 1.71. The molecule has 9 heteroatoms. The topological polar surface area (TPSA) is 91.5 Å². The first-order chi connectivity index (χ1) is 14.8. The lowest BCUT2D eigenvalue weighted by atomic mass is 9.99. The Labute approximate surface area is 183 Å². The van der Waals surface area contributed by atoms with Crippen molar-refractivity contribution in [1.82, 2.24) is 20.2 Å². The fourth-order valence-electron chi connectivity index (χ4n) is 3.22. The molecule has 0 N–H and O–H groups in total. The normalized spacial score (nSPS) is 18.3. The van der Waals surface area contributed by atoms with E-state index in [2.05, 4.69) is 19.9 Å². The van der Waals surface area contributed by atoms with E-state index in [4.69, 9.17) is 9.47 Å². The van der Waals surface area contributed by atoms with Crippen LogP contribution in [-0.2, 0) is 17.5 Å². The lowest BCUT2D eigenvalue weighted by molar-refractivity contribution is 0.189. The minimum Gasteiger partial charge on any atom is -0.497 e. The molecule has 162 valence electrons. The van der Waals surface area contributed by atoms with E-state index < -0.39 is 21.8 Å². The van der Waals surface area contributed by atoms with E-state index in [1.807, 2.05) is 69.3 Å². The molecular weight excluding hydrogens is 414 g/mol. The number of rotatable bonds is 5. The van der Waals surface area contributed by atoms with Crippen LogP contribution in [0.25, 0.3) is 0 Å². The monoisotopic (exact) mass is 439 g/mol. The molecule has 4 rings (SSSR count). The Morgan fingerprint density at radius 3 is 2.71 bits per heavy atom. The quantitative estimate of drug-likeness (QED) is 0.604. The van der Waals surface area contributed by atoms with Gasteiger partial charge in [0.1, 0.15) is 22.5 Å². The number of ether oxygens (including phenoxy) is 2. The van der Waals surface area contributed by atoms with Crippen molar-refractivity contribution in [2.24, 2.45) is 4.40 Å². The summed E-state index contributed by atoms with van der Waals surface area (Å²) in [7, 11) is 0.198. The molecule has 0 bridgehead atoms. The molecule has 0 saturated carbocycles. The van der Waals surface area contributed by atoms with Crippen molar-refractivity contribution < 1.29 is 13.7 Å². The predicted octanol–water partition coefficient (Wildman–Crippen LogP) is 3.51. The molecule has 0 amide bonds. The average Bonchev–Trinajstić information content (AvgIpc) is 3.21. The summed E-state index contributed by atoms with van der Waals surface area (Å²) in [5.41, 5.74) is 2.59. The standard InChI is InChI=1S/C22H25N5O3S/c1-22(2,3)31(28)24-18-13-20(30-19-12-16(29-4)10-11-17(18)19)21-23-25-26-27(21)14-15-8-6-5-7-9-15/h5-12,20H,13-14H2,1-4H3/t20-,31+/m1/s1. The Kier molecular flexibility index (Phi) is 5.86. The molecule has 31 heavy (non-hydrogen) atoms. The van der Waals surface area contributed by atoms with Crippen LogP contribution in [0.15, 0.2) is 52.9 Å². The van der Waals surface area contributed by atoms with E-state index in [0.29, 0.717) is 36.0 Å². The van der Waals surface area contributed by atoms with Crippen LogP contribution in [0.1, 0.15) is 50.2 Å². The molecular formula is C22H25N5O3S. The maximum atomic E-state index is 12.8. The summed E-state index contributed by atoms with van der Waals surface area (Å²) in [4.78, 5) is 0. The van der Waals surface area contributed by atoms with Crippen LogP contribution in [0.3, 0.4) is 0 Å². The molecule has 8 nitrogen and oxygen atoms in total. The predicted molar refractivity (Wildman–Crippen MR) is 119 cm³/mol. The minimum atomic E-state index is -1.41. The van der Waals surface area contributed by atoms with Crippen LogP contribution < -0.4 is 9.47 Å². The van der Waals surface area contributed by atoms with Crippen LogP contribution in [-0.4, -0.2) is 42.0 Å². The summed E-state index contributed by atoms with van der Waals surface area (Å²) >= 11 is 0. The molecule has 1 aliphatic heterocycles. The summed E-state index contributed by atoms with van der Waals surface area (Å²) in [6.07, 6.45) is -0.0508. The SMILES string of the molecule is COc1ccc2c(c1)O[C@@H](c1nnnn1Cc1ccccc1)CC2=N[S@@](=O)C(C)(C)C. The molecule has 2 atom stereocenters. The van der Waals surface area contributed by atoms with Gasteiger partial charge in [0.05, 0.1) is 24.1 Å². The molecule has 1 aromatic heterocycles. The van der Waals surface area contributed by atoms with E-state index in [9.17, 15) is 4.21 Å². The number of methoxy groups -OCH3 is 1. The van der Waals surface area contributed by atoms with E-state index >= 15 is 0 Å². The summed E-state index contributed by atoms with van der Waals surface area (Å²) in [6.45, 7) is 6.23. The lowest BCUT2D eigenvalue weighted by Gasteiger charge is -2.27. The van der Waals surface area contributed by atoms with Gasteiger partial charge < -0.3 is 9.47 Å². The van der Waals surface area contributed by atoms with Crippen molar-refractivity contribution in [2.75, 3.05) is 7.11 Å². The minimum absolute atomic E-state index is 0.413. The van der Waals surface area contributed by atoms with Gasteiger partial charge in [0.15, 0.2) is 11.9 Å². The summed E-state index contributed by atoms with van der Waals surface area (Å²) < 4.78 is 30.2. The second-order valence-electron chi connectivity index (χ2n) is 8.25. The van der Waals surface area contributed by atoms with Crippen LogP contribution in [0, 0.1) is 0 Å². The zero-order valence-corrected chi connectivity index (χ0v) is 18.8. The van der Waals surface area contributed by atoms with Gasteiger partial charge in [-0.25, -0.2) is 8.89 Å². The summed E-state index contributed by atoms with van der Waals surface area (Å²) in [5, 5.41) is 12.2. The highest BCUT2D eigenvalue weighted by Gasteiger charge is 2.32. The molecule has 0 radical (unpaired) electrons. The van der Waals surface area contributed by atoms with Gasteiger partial charge in [-0.15, -0.1) is 5.10 Å². The third kappa shape index (κ3) is 4.66. The molecule has 2 aromatic carbocycles. The maximum absolute atomic E-state index is 12.8. The van der Waals surface area contributed by atoms with E-state index in [-0.39, 0.29) is 0 Å². The van der Waals surface area contributed by atoms with Gasteiger partial charge in [0, 0.05) is 18.1 Å². The fourth-order valence-corrected chi connectivity index (χ4v) is 3.87. The van der Waals surface area contributed by atoms with Gasteiger partial charge in [-0.3, -0.25) is 0 Å². The van der Waals surface area contributed by atoms with Crippen LogP contribution in [0.4, 0.5) is 0 Å². The number of hydrogen-bond acceptors (Lipinski definition) is 6. The Bertz CT molecular complexity index is 1120. The van der Waals surface area contributed by atoms with E-state index in [1.165, 1.54) is 0 Å². The number of tetrazole rings is 1. The highest BCUT2D eigenvalue weighted by atomic mass is 32.2. The summed E-state index contributed by atoms with van der Waals surface area (Å²) in [5.74, 6) is 1.86. The number of hydrogen-bond donors (Lipinski definition) is 0. The van der Waals surface area contributed by atoms with Crippen molar-refractivity contribution in [3.05, 3.63) is 65.5 Å². The smallest absolute Gasteiger partial charge is 0.192 e. The van der Waals surface area contributed by atoms with Gasteiger partial charge in [-0.05, 0) is 48.9 Å². The third-order valence-electron chi connectivity index (χ3n) is 4.89. The Morgan fingerprint density at radius 2 is 2.00 bits per heavy atom. The highest BCUT2D eigenvalue weighted by molar-refractivity contribution is 7.85. The third-order valence-corrected chi connectivity index (χ3v) is 6.32. The van der Waals surface area contributed by atoms with Gasteiger partial charge in [-0.1, -0.05) is 30.3 Å². The van der Waals surface area contributed by atoms with Crippen molar-refractivity contribution in [3.8, 4) is 11.5 Å². The molecule has 3 aromatic rings. The van der Waals surface area contributed by atoms with E-state index in [0.717, 1.165) is 11.1 Å². The van der Waals surface area contributed by atoms with Crippen molar-refractivity contribution in [1.29, 1.82) is 0 Å². The molecule has 0 unspecified atom stereocenters. The maximum Gasteiger partial charge on any atom is 0.192 e. The largest absolute Gasteiger partial charge is 0.497 e. The van der Waals surface area contributed by atoms with Crippen LogP contribution >= 0.6 is 0 Å². The second kappa shape index (κ2) is 8.58. The molecule has 1 aliphatic rings. The van der Waals surface area contributed by atoms with Gasteiger partial charge in [0.25, 0.3) is 0 Å². The van der Waals surface area contributed by atoms with Gasteiger partial charge in [-0.2, -0.15) is 4.40 Å². The number of aromatic nitrogens is 4. The van der Waals surface area contributed by atoms with Gasteiger partial charge >= 0.3 is 0 Å². The first kappa shape index (κ1) is 21.2. The van der Waals surface area contributed by atoms with Crippen molar-refractivity contribution in [2.45, 2.75) is 44.6 Å². The van der Waals surface area contributed by atoms with Crippen molar-refractivity contribution in [3.63, 3.8) is 0 Å². The average molecular weight is 440 g/mol. The number of fused-ring (bicyclic) bond motifs is 1. The molecule has 0 saturated heterocycles. The Morgan fingerprint density at radius 1 is 1.23 bits per heavy atom. The molecule has 0 aliphatic carbocycles. The molecule has 2 heterocycles. The zero-order chi connectivity index (χ0) is 22.0. The number of benzene rings is 2.